The third kappa shape index (κ3) is 3.12. The fraction of sp³-hybridized carbons (Fsp3) is 0.182. The van der Waals surface area contributed by atoms with Crippen LogP contribution in [0.2, 0.25) is 0 Å². The van der Waals surface area contributed by atoms with E-state index in [1.54, 1.807) is 0 Å². The molecule has 0 saturated heterocycles. The molecule has 27 heavy (non-hydrogen) atoms. The topological polar surface area (TPSA) is 66.0 Å². The maximum atomic E-state index is 6.21. The Kier molecular flexibility index (Phi) is 4.50. The van der Waals surface area contributed by atoms with Crippen LogP contribution in [0.4, 0.5) is 5.82 Å². The molecule has 0 unspecified atom stereocenters. The molecule has 0 saturated carbocycles. The molecule has 2 aromatic heterocycles. The molecule has 5 heteroatoms. The molecular formula is C22H22N4O. The van der Waals surface area contributed by atoms with E-state index in [9.17, 15) is 0 Å². The highest BCUT2D eigenvalue weighted by atomic mass is 16.5. The molecule has 0 fully saturated rings. The molecule has 4 aromatic rings. The van der Waals surface area contributed by atoms with Crippen molar-refractivity contribution in [3.05, 3.63) is 72.2 Å². The van der Waals surface area contributed by atoms with Gasteiger partial charge in [0.15, 0.2) is 5.82 Å². The van der Waals surface area contributed by atoms with Crippen LogP contribution < -0.4 is 10.5 Å². The average Bonchev–Trinajstić information content (AvgIpc) is 2.97. The summed E-state index contributed by atoms with van der Waals surface area (Å²) in [5.74, 6) is 2.10. The lowest BCUT2D eigenvalue weighted by molar-refractivity contribution is 0.482. The zero-order chi connectivity index (χ0) is 18.8. The zero-order valence-electron chi connectivity index (χ0n) is 15.5. The number of nitrogens with zero attached hydrogens (tertiary/aromatic N) is 3. The van der Waals surface area contributed by atoms with Gasteiger partial charge in [-0.3, -0.25) is 0 Å². The van der Waals surface area contributed by atoms with E-state index in [0.717, 1.165) is 46.6 Å². The van der Waals surface area contributed by atoms with Gasteiger partial charge in [0.25, 0.3) is 0 Å². The number of anilines is 1. The quantitative estimate of drug-likeness (QED) is 0.542. The number of nitrogens with two attached hydrogens (primary N) is 1. The molecule has 136 valence electrons. The van der Waals surface area contributed by atoms with Crippen LogP contribution in [0.1, 0.15) is 24.6 Å². The number of hydrogen-bond acceptors (Lipinski definition) is 4. The van der Waals surface area contributed by atoms with Crippen molar-refractivity contribution in [3.63, 3.8) is 0 Å². The normalized spacial score (nSPS) is 11.0. The molecule has 2 N–H and O–H groups in total. The molecule has 0 aliphatic heterocycles. The van der Waals surface area contributed by atoms with Crippen molar-refractivity contribution in [2.24, 2.45) is 0 Å². The third-order valence-electron chi connectivity index (χ3n) is 4.69. The minimum Gasteiger partial charge on any atom is -0.457 e. The van der Waals surface area contributed by atoms with Crippen LogP contribution in [-0.2, 0) is 6.42 Å². The Morgan fingerprint density at radius 2 is 1.67 bits per heavy atom. The van der Waals surface area contributed by atoms with Gasteiger partial charge in [-0.1, -0.05) is 31.5 Å². The van der Waals surface area contributed by atoms with E-state index in [2.05, 4.69) is 28.4 Å². The highest BCUT2D eigenvalue weighted by Gasteiger charge is 2.18. The van der Waals surface area contributed by atoms with Crippen LogP contribution in [0.15, 0.2) is 60.9 Å². The summed E-state index contributed by atoms with van der Waals surface area (Å²) >= 11 is 0. The molecule has 0 aliphatic carbocycles. The lowest BCUT2D eigenvalue weighted by Crippen LogP contribution is -2.03. The lowest BCUT2D eigenvalue weighted by atomic mass is 10.1. The van der Waals surface area contributed by atoms with Crippen LogP contribution in [0.25, 0.3) is 16.7 Å². The first-order chi connectivity index (χ1) is 13.2. The first kappa shape index (κ1) is 17.1. The van der Waals surface area contributed by atoms with Gasteiger partial charge >= 0.3 is 0 Å². The SMILES string of the molecule is CCCc1c(C)c2ncnc(N)c2n1-c1ccc(Oc2ccccc2)cc1. The zero-order valence-corrected chi connectivity index (χ0v) is 15.5. The van der Waals surface area contributed by atoms with Gasteiger partial charge in [-0.05, 0) is 55.3 Å². The highest BCUT2D eigenvalue weighted by Crippen LogP contribution is 2.32. The fourth-order valence-corrected chi connectivity index (χ4v) is 3.44. The molecule has 0 amide bonds. The second-order valence-corrected chi connectivity index (χ2v) is 6.52. The minimum atomic E-state index is 0.495. The number of para-hydroxylation sites is 1. The summed E-state index contributed by atoms with van der Waals surface area (Å²) in [5, 5.41) is 0. The first-order valence-electron chi connectivity index (χ1n) is 9.12. The Bertz CT molecular complexity index is 1070. The van der Waals surface area contributed by atoms with Crippen LogP contribution >= 0.6 is 0 Å². The summed E-state index contributed by atoms with van der Waals surface area (Å²) in [4.78, 5) is 8.67. The lowest BCUT2D eigenvalue weighted by Gasteiger charge is -2.13. The summed E-state index contributed by atoms with van der Waals surface area (Å²) in [6, 6.07) is 17.8. The number of benzene rings is 2. The van der Waals surface area contributed by atoms with Gasteiger partial charge in [0.2, 0.25) is 0 Å². The van der Waals surface area contributed by atoms with E-state index in [0.29, 0.717) is 5.82 Å². The summed E-state index contributed by atoms with van der Waals surface area (Å²) in [6.45, 7) is 4.27. The van der Waals surface area contributed by atoms with Gasteiger partial charge in [0, 0.05) is 11.4 Å². The number of hydrogen-bond donors (Lipinski definition) is 1. The smallest absolute Gasteiger partial charge is 0.151 e. The van der Waals surface area contributed by atoms with Crippen molar-refractivity contribution >= 4 is 16.9 Å². The van der Waals surface area contributed by atoms with Crippen LogP contribution in [-0.4, -0.2) is 14.5 Å². The van der Waals surface area contributed by atoms with Gasteiger partial charge in [0.1, 0.15) is 23.3 Å². The van der Waals surface area contributed by atoms with Crippen molar-refractivity contribution in [1.82, 2.24) is 14.5 Å². The van der Waals surface area contributed by atoms with Gasteiger partial charge in [-0.25, -0.2) is 9.97 Å². The number of ether oxygens (including phenoxy) is 1. The van der Waals surface area contributed by atoms with Crippen molar-refractivity contribution in [2.75, 3.05) is 5.73 Å². The number of fused-ring (bicyclic) bond motifs is 1. The molecule has 5 nitrogen and oxygen atoms in total. The number of rotatable bonds is 5. The number of aromatic nitrogens is 3. The minimum absolute atomic E-state index is 0.495. The Morgan fingerprint density at radius 3 is 2.37 bits per heavy atom. The summed E-state index contributed by atoms with van der Waals surface area (Å²) in [5.41, 5.74) is 11.4. The highest BCUT2D eigenvalue weighted by molar-refractivity contribution is 5.90. The molecular weight excluding hydrogens is 336 g/mol. The van der Waals surface area contributed by atoms with Crippen molar-refractivity contribution < 1.29 is 4.74 Å². The maximum absolute atomic E-state index is 6.21. The van der Waals surface area contributed by atoms with Crippen molar-refractivity contribution in [1.29, 1.82) is 0 Å². The van der Waals surface area contributed by atoms with Gasteiger partial charge < -0.3 is 15.0 Å². The van der Waals surface area contributed by atoms with Crippen LogP contribution in [0, 0.1) is 6.92 Å². The van der Waals surface area contributed by atoms with Gasteiger partial charge in [-0.15, -0.1) is 0 Å². The Morgan fingerprint density at radius 1 is 0.963 bits per heavy atom. The summed E-state index contributed by atoms with van der Waals surface area (Å²) in [7, 11) is 0. The molecule has 0 aliphatic rings. The van der Waals surface area contributed by atoms with Crippen molar-refractivity contribution in [3.8, 4) is 17.2 Å². The van der Waals surface area contributed by atoms with E-state index in [-0.39, 0.29) is 0 Å². The molecule has 2 aromatic carbocycles. The molecule has 0 atom stereocenters. The van der Waals surface area contributed by atoms with Crippen LogP contribution in [0.5, 0.6) is 11.5 Å². The summed E-state index contributed by atoms with van der Waals surface area (Å²) < 4.78 is 8.08. The predicted molar refractivity (Wildman–Crippen MR) is 109 cm³/mol. The fourth-order valence-electron chi connectivity index (χ4n) is 3.44. The standard InChI is InChI=1S/C22H22N4O/c1-3-7-19-15(2)20-21(22(23)25-14-24-20)26(19)16-10-12-18(13-11-16)27-17-8-5-4-6-9-17/h4-6,8-14H,3,7H2,1-2H3,(H2,23,24,25). The molecule has 0 radical (unpaired) electrons. The Labute approximate surface area is 158 Å². The number of aryl methyl sites for hydroxylation is 1. The molecule has 4 rings (SSSR count). The Balaban J connectivity index is 1.79. The van der Waals surface area contributed by atoms with E-state index in [1.165, 1.54) is 12.0 Å². The second-order valence-electron chi connectivity index (χ2n) is 6.52. The van der Waals surface area contributed by atoms with E-state index in [1.807, 2.05) is 54.6 Å². The monoisotopic (exact) mass is 358 g/mol. The predicted octanol–water partition coefficient (Wildman–Crippen LogP) is 5.06. The third-order valence-corrected chi connectivity index (χ3v) is 4.69. The van der Waals surface area contributed by atoms with E-state index in [4.69, 9.17) is 10.5 Å². The summed E-state index contributed by atoms with van der Waals surface area (Å²) in [6.07, 6.45) is 3.52. The number of nitrogen functional groups attached to an aromatic ring is 1. The van der Waals surface area contributed by atoms with Crippen LogP contribution in [0.3, 0.4) is 0 Å². The van der Waals surface area contributed by atoms with E-state index >= 15 is 0 Å². The van der Waals surface area contributed by atoms with Gasteiger partial charge in [-0.2, -0.15) is 0 Å². The molecule has 0 spiro atoms. The molecule has 0 bridgehead atoms. The van der Waals surface area contributed by atoms with Gasteiger partial charge in [0.05, 0.1) is 5.52 Å². The van der Waals surface area contributed by atoms with E-state index < -0.39 is 0 Å². The molecule has 2 heterocycles. The first-order valence-corrected chi connectivity index (χ1v) is 9.12. The maximum Gasteiger partial charge on any atom is 0.151 e. The largest absolute Gasteiger partial charge is 0.457 e. The Hall–Kier alpha value is -3.34. The van der Waals surface area contributed by atoms with Crippen molar-refractivity contribution in [2.45, 2.75) is 26.7 Å². The second kappa shape index (κ2) is 7.11. The average molecular weight is 358 g/mol.